The number of nitrogens with zero attached hydrogens (tertiary/aromatic N) is 2. The van der Waals surface area contributed by atoms with E-state index in [1.807, 2.05) is 0 Å². The van der Waals surface area contributed by atoms with E-state index in [-0.39, 0.29) is 32.1 Å². The van der Waals surface area contributed by atoms with Crippen molar-refractivity contribution in [3.05, 3.63) is 0 Å². The molecule has 2 rings (SSSR count). The minimum atomic E-state index is -1.17. The summed E-state index contributed by atoms with van der Waals surface area (Å²) in [5.41, 5.74) is -1.79. The SMILES string of the molecule is CC(C)(C)OC(=O)N1CCN(C(=O)O)C2(CNC2=O)C1. The average Bonchev–Trinajstić information content (AvgIpc) is 2.34. The fourth-order valence-electron chi connectivity index (χ4n) is 2.39. The van der Waals surface area contributed by atoms with Crippen LogP contribution in [0.5, 0.6) is 0 Å². The van der Waals surface area contributed by atoms with E-state index in [0.29, 0.717) is 0 Å². The summed E-state index contributed by atoms with van der Waals surface area (Å²) < 4.78 is 5.26. The summed E-state index contributed by atoms with van der Waals surface area (Å²) in [5, 5.41) is 11.7. The Kier molecular flexibility index (Phi) is 3.27. The largest absolute Gasteiger partial charge is 0.465 e. The second-order valence-electron chi connectivity index (χ2n) is 6.05. The van der Waals surface area contributed by atoms with Crippen molar-refractivity contribution in [3.8, 4) is 0 Å². The number of piperazine rings is 1. The maximum atomic E-state index is 12.0. The molecule has 8 nitrogen and oxygen atoms in total. The third-order valence-corrected chi connectivity index (χ3v) is 3.41. The van der Waals surface area contributed by atoms with Crippen molar-refractivity contribution in [2.75, 3.05) is 26.2 Å². The number of carbonyl (C=O) groups excluding carboxylic acids is 2. The van der Waals surface area contributed by atoms with Gasteiger partial charge in [-0.15, -0.1) is 0 Å². The molecular formula is C12H19N3O5. The maximum Gasteiger partial charge on any atom is 0.410 e. The normalized spacial score (nSPS) is 26.1. The lowest BCUT2D eigenvalue weighted by atomic mass is 9.86. The van der Waals surface area contributed by atoms with Crippen molar-refractivity contribution in [1.29, 1.82) is 0 Å². The number of β-lactam (4-membered cyclic amide) rings is 1. The van der Waals surface area contributed by atoms with E-state index in [0.717, 1.165) is 4.90 Å². The Bertz CT molecular complexity index is 458. The predicted octanol–water partition coefficient (Wildman–Crippen LogP) is 0.0857. The van der Waals surface area contributed by atoms with Gasteiger partial charge in [-0.2, -0.15) is 0 Å². The maximum absolute atomic E-state index is 12.0. The number of carbonyl (C=O) groups is 3. The first-order valence-corrected chi connectivity index (χ1v) is 6.42. The Morgan fingerprint density at radius 1 is 1.35 bits per heavy atom. The lowest BCUT2D eigenvalue weighted by Gasteiger charge is -2.52. The zero-order valence-corrected chi connectivity index (χ0v) is 11.8. The van der Waals surface area contributed by atoms with Gasteiger partial charge in [-0.1, -0.05) is 0 Å². The minimum Gasteiger partial charge on any atom is -0.465 e. The molecule has 0 bridgehead atoms. The van der Waals surface area contributed by atoms with E-state index in [2.05, 4.69) is 5.32 Å². The molecule has 0 aromatic rings. The van der Waals surface area contributed by atoms with Gasteiger partial charge >= 0.3 is 12.2 Å². The molecule has 112 valence electrons. The summed E-state index contributed by atoms with van der Waals surface area (Å²) in [6, 6.07) is 0. The number of ether oxygens (including phenoxy) is 1. The van der Waals surface area contributed by atoms with Gasteiger partial charge in [-0.3, -0.25) is 9.69 Å². The third kappa shape index (κ3) is 2.37. The van der Waals surface area contributed by atoms with Crippen LogP contribution in [0.25, 0.3) is 0 Å². The van der Waals surface area contributed by atoms with E-state index in [1.165, 1.54) is 4.90 Å². The first-order chi connectivity index (χ1) is 9.16. The summed E-state index contributed by atoms with van der Waals surface area (Å²) in [7, 11) is 0. The monoisotopic (exact) mass is 285 g/mol. The molecule has 1 unspecified atom stereocenters. The van der Waals surface area contributed by atoms with Gasteiger partial charge in [0, 0.05) is 13.1 Å². The molecule has 2 N–H and O–H groups in total. The molecule has 1 atom stereocenters. The molecule has 0 aromatic carbocycles. The Hall–Kier alpha value is -1.99. The zero-order chi connectivity index (χ0) is 15.1. The van der Waals surface area contributed by atoms with Crippen LogP contribution >= 0.6 is 0 Å². The molecule has 2 saturated heterocycles. The highest BCUT2D eigenvalue weighted by atomic mass is 16.6. The number of hydrogen-bond donors (Lipinski definition) is 2. The molecule has 2 fully saturated rings. The highest BCUT2D eigenvalue weighted by Crippen LogP contribution is 2.28. The Labute approximate surface area is 116 Å². The predicted molar refractivity (Wildman–Crippen MR) is 68.3 cm³/mol. The molecule has 2 aliphatic rings. The number of rotatable bonds is 0. The molecule has 3 amide bonds. The molecule has 0 saturated carbocycles. The van der Waals surface area contributed by atoms with Gasteiger partial charge in [0.1, 0.15) is 5.60 Å². The van der Waals surface area contributed by atoms with E-state index >= 15 is 0 Å². The molecule has 2 aliphatic heterocycles. The number of hydrogen-bond acceptors (Lipinski definition) is 4. The van der Waals surface area contributed by atoms with Gasteiger partial charge in [0.15, 0.2) is 5.54 Å². The highest BCUT2D eigenvalue weighted by Gasteiger charge is 2.57. The molecule has 0 aliphatic carbocycles. The van der Waals surface area contributed by atoms with E-state index < -0.39 is 23.3 Å². The van der Waals surface area contributed by atoms with Crippen LogP contribution in [-0.2, 0) is 9.53 Å². The Balaban J connectivity index is 2.12. The van der Waals surface area contributed by atoms with Crippen molar-refractivity contribution < 1.29 is 24.2 Å². The zero-order valence-electron chi connectivity index (χ0n) is 11.8. The number of carboxylic acid groups (broad SMARTS) is 1. The molecule has 0 radical (unpaired) electrons. The molecule has 20 heavy (non-hydrogen) atoms. The van der Waals surface area contributed by atoms with Crippen molar-refractivity contribution in [3.63, 3.8) is 0 Å². The number of amides is 3. The van der Waals surface area contributed by atoms with Gasteiger partial charge in [0.2, 0.25) is 5.91 Å². The summed E-state index contributed by atoms with van der Waals surface area (Å²) in [6.07, 6.45) is -1.68. The van der Waals surface area contributed by atoms with Crippen LogP contribution < -0.4 is 5.32 Å². The molecule has 8 heteroatoms. The second kappa shape index (κ2) is 4.53. The van der Waals surface area contributed by atoms with Gasteiger partial charge in [0.25, 0.3) is 0 Å². The smallest absolute Gasteiger partial charge is 0.410 e. The van der Waals surface area contributed by atoms with Crippen LogP contribution in [0.4, 0.5) is 9.59 Å². The van der Waals surface area contributed by atoms with Gasteiger partial charge in [-0.05, 0) is 20.8 Å². The number of nitrogens with one attached hydrogen (secondary N) is 1. The highest BCUT2D eigenvalue weighted by molar-refractivity contribution is 5.96. The lowest BCUT2D eigenvalue weighted by molar-refractivity contribution is -0.146. The van der Waals surface area contributed by atoms with Crippen LogP contribution in [0.2, 0.25) is 0 Å². The van der Waals surface area contributed by atoms with Crippen LogP contribution in [0.1, 0.15) is 20.8 Å². The third-order valence-electron chi connectivity index (χ3n) is 3.41. The first-order valence-electron chi connectivity index (χ1n) is 6.42. The van der Waals surface area contributed by atoms with E-state index in [4.69, 9.17) is 4.74 Å². The van der Waals surface area contributed by atoms with Crippen molar-refractivity contribution in [1.82, 2.24) is 15.1 Å². The first kappa shape index (κ1) is 14.4. The second-order valence-corrected chi connectivity index (χ2v) is 6.05. The summed E-state index contributed by atoms with van der Waals surface area (Å²) in [4.78, 5) is 37.5. The molecule has 0 aromatic heterocycles. The van der Waals surface area contributed by atoms with Gasteiger partial charge < -0.3 is 20.1 Å². The van der Waals surface area contributed by atoms with Crippen LogP contribution in [0.3, 0.4) is 0 Å². The minimum absolute atomic E-state index is 0.0278. The van der Waals surface area contributed by atoms with Crippen molar-refractivity contribution in [2.45, 2.75) is 31.9 Å². The van der Waals surface area contributed by atoms with Crippen LogP contribution in [-0.4, -0.2) is 70.3 Å². The molecule has 1 spiro atoms. The van der Waals surface area contributed by atoms with Crippen molar-refractivity contribution >= 4 is 18.1 Å². The Morgan fingerprint density at radius 3 is 2.40 bits per heavy atom. The average molecular weight is 285 g/mol. The van der Waals surface area contributed by atoms with Crippen LogP contribution in [0, 0.1) is 0 Å². The quantitative estimate of drug-likeness (QED) is 0.614. The fourth-order valence-corrected chi connectivity index (χ4v) is 2.39. The van der Waals surface area contributed by atoms with E-state index in [1.54, 1.807) is 20.8 Å². The van der Waals surface area contributed by atoms with E-state index in [9.17, 15) is 19.5 Å². The van der Waals surface area contributed by atoms with Crippen LogP contribution in [0.15, 0.2) is 0 Å². The molecular weight excluding hydrogens is 266 g/mol. The topological polar surface area (TPSA) is 99.2 Å². The Morgan fingerprint density at radius 2 is 2.00 bits per heavy atom. The van der Waals surface area contributed by atoms with Crippen molar-refractivity contribution in [2.24, 2.45) is 0 Å². The summed E-state index contributed by atoms with van der Waals surface area (Å²) in [5.74, 6) is -0.367. The van der Waals surface area contributed by atoms with Gasteiger partial charge in [0.05, 0.1) is 13.1 Å². The standard InChI is InChI=1S/C12H19N3O5/c1-11(2,3)20-10(19)14-4-5-15(9(17)18)12(7-14)6-13-8(12)16/h4-7H2,1-3H3,(H,13,16)(H,17,18). The lowest BCUT2D eigenvalue weighted by Crippen LogP contribution is -2.80. The summed E-state index contributed by atoms with van der Waals surface area (Å²) in [6.45, 7) is 5.83. The summed E-state index contributed by atoms with van der Waals surface area (Å²) >= 11 is 0. The fraction of sp³-hybridized carbons (Fsp3) is 0.750. The van der Waals surface area contributed by atoms with Gasteiger partial charge in [-0.25, -0.2) is 9.59 Å². The molecule has 2 heterocycles.